The zero-order valence-corrected chi connectivity index (χ0v) is 12.8. The number of hydrogen-bond donors (Lipinski definition) is 3. The summed E-state index contributed by atoms with van der Waals surface area (Å²) in [5.41, 5.74) is -0.175. The van der Waals surface area contributed by atoms with Crippen molar-refractivity contribution in [2.24, 2.45) is 0 Å². The molecule has 0 unspecified atom stereocenters. The van der Waals surface area contributed by atoms with Gasteiger partial charge in [-0.1, -0.05) is 0 Å². The number of carbonyl (C=O) groups excluding carboxylic acids is 2. The summed E-state index contributed by atoms with van der Waals surface area (Å²) in [6, 6.07) is 1.79. The van der Waals surface area contributed by atoms with Crippen LogP contribution in [0.3, 0.4) is 0 Å². The van der Waals surface area contributed by atoms with Crippen LogP contribution in [0.15, 0.2) is 18.2 Å². The lowest BCUT2D eigenvalue weighted by atomic mass is 10.1. The first-order valence-corrected chi connectivity index (χ1v) is 7.48. The fourth-order valence-corrected chi connectivity index (χ4v) is 2.72. The number of aliphatic carboxylic acids is 1. The number of halogens is 2. The fourth-order valence-electron chi connectivity index (χ4n) is 2.72. The third-order valence-electron chi connectivity index (χ3n) is 4.12. The quantitative estimate of drug-likeness (QED) is 0.534. The van der Waals surface area contributed by atoms with Gasteiger partial charge in [0.05, 0.1) is 25.1 Å². The first-order valence-electron chi connectivity index (χ1n) is 7.48. The first kappa shape index (κ1) is 17.3. The van der Waals surface area contributed by atoms with Crippen LogP contribution in [0.5, 0.6) is 0 Å². The van der Waals surface area contributed by atoms with E-state index in [2.05, 4.69) is 5.32 Å². The third-order valence-corrected chi connectivity index (χ3v) is 4.12. The topological polar surface area (TPSA) is 78.1 Å². The van der Waals surface area contributed by atoms with E-state index in [1.165, 1.54) is 4.90 Å². The number of piperazine rings is 1. The molecule has 1 aromatic carbocycles. The van der Waals surface area contributed by atoms with Crippen molar-refractivity contribution < 1.29 is 33.3 Å². The van der Waals surface area contributed by atoms with Gasteiger partial charge in [0.1, 0.15) is 43.9 Å². The lowest BCUT2D eigenvalue weighted by Gasteiger charge is -2.33. The molecule has 6 nitrogen and oxygen atoms in total. The zero-order chi connectivity index (χ0) is 17.0. The third kappa shape index (κ3) is 4.70. The normalized spacial score (nSPS) is 22.4. The number of nitrogens with one attached hydrogen (secondary N) is 3. The van der Waals surface area contributed by atoms with Crippen molar-refractivity contribution in [2.75, 3.05) is 38.5 Å². The molecule has 0 bridgehead atoms. The minimum Gasteiger partial charge on any atom is -0.544 e. The molecule has 1 aromatic rings. The number of benzene rings is 1. The average molecular weight is 328 g/mol. The molecule has 1 aliphatic heterocycles. The first-order chi connectivity index (χ1) is 10.9. The van der Waals surface area contributed by atoms with Crippen molar-refractivity contribution in [3.8, 4) is 0 Å². The summed E-state index contributed by atoms with van der Waals surface area (Å²) >= 11 is 0. The van der Waals surface area contributed by atoms with E-state index in [1.807, 2.05) is 7.05 Å². The molecule has 1 atom stereocenters. The van der Waals surface area contributed by atoms with E-state index >= 15 is 0 Å². The number of likely N-dealkylation sites (N-methyl/N-ethyl adjacent to an activating group) is 1. The van der Waals surface area contributed by atoms with Crippen LogP contribution in [-0.2, 0) is 9.59 Å². The van der Waals surface area contributed by atoms with Gasteiger partial charge in [0, 0.05) is 6.07 Å². The second-order valence-corrected chi connectivity index (χ2v) is 5.86. The van der Waals surface area contributed by atoms with Gasteiger partial charge in [-0.05, 0) is 12.1 Å². The number of carboxylic acid groups (broad SMARTS) is 1. The minimum absolute atomic E-state index is 0.175. The Morgan fingerprint density at radius 1 is 1.26 bits per heavy atom. The molecule has 3 N–H and O–H groups in total. The highest BCUT2D eigenvalue weighted by Crippen LogP contribution is 2.15. The Kier molecular flexibility index (Phi) is 5.62. The van der Waals surface area contributed by atoms with Crippen molar-refractivity contribution in [1.82, 2.24) is 0 Å². The van der Waals surface area contributed by atoms with Gasteiger partial charge in [-0.3, -0.25) is 4.79 Å². The summed E-state index contributed by atoms with van der Waals surface area (Å²) in [6.07, 6.45) is -0.312. The van der Waals surface area contributed by atoms with E-state index < -0.39 is 29.6 Å². The molecule has 8 heteroatoms. The van der Waals surface area contributed by atoms with Gasteiger partial charge in [0.25, 0.3) is 0 Å². The molecule has 126 valence electrons. The maximum absolute atomic E-state index is 13.5. The molecule has 23 heavy (non-hydrogen) atoms. The van der Waals surface area contributed by atoms with Gasteiger partial charge in [-0.25, -0.2) is 8.78 Å². The molecule has 1 fully saturated rings. The maximum Gasteiger partial charge on any atom is 0.230 e. The van der Waals surface area contributed by atoms with E-state index in [0.717, 1.165) is 30.1 Å². The Hall–Kier alpha value is -2.06. The summed E-state index contributed by atoms with van der Waals surface area (Å²) < 4.78 is 26.3. The number of hydrogen-bond acceptors (Lipinski definition) is 3. The molecule has 0 aliphatic carbocycles. The average Bonchev–Trinajstić information content (AvgIpc) is 2.48. The Balaban J connectivity index is 1.99. The van der Waals surface area contributed by atoms with Crippen LogP contribution >= 0.6 is 0 Å². The van der Waals surface area contributed by atoms with Crippen LogP contribution in [0, 0.1) is 11.6 Å². The van der Waals surface area contributed by atoms with Crippen LogP contribution in [0.2, 0.25) is 0 Å². The van der Waals surface area contributed by atoms with E-state index in [0.29, 0.717) is 19.2 Å². The van der Waals surface area contributed by atoms with Gasteiger partial charge < -0.3 is 25.0 Å². The molecule has 1 aliphatic rings. The monoisotopic (exact) mass is 328 g/mol. The van der Waals surface area contributed by atoms with E-state index in [1.54, 1.807) is 0 Å². The highest BCUT2D eigenvalue weighted by Gasteiger charge is 2.30. The Morgan fingerprint density at radius 2 is 1.91 bits per heavy atom. The number of rotatable bonds is 5. The fraction of sp³-hybridized carbons (Fsp3) is 0.467. The highest BCUT2D eigenvalue weighted by atomic mass is 19.1. The molecule has 1 saturated heterocycles. The smallest absolute Gasteiger partial charge is 0.230 e. The maximum atomic E-state index is 13.5. The second kappa shape index (κ2) is 7.47. The number of amides is 1. The van der Waals surface area contributed by atoms with Crippen LogP contribution in [-0.4, -0.2) is 51.1 Å². The SMILES string of the molecule is C[NH+]1CC[NH+]([C@H](CC(=O)Nc2ccc(F)cc2F)C(=O)[O-])CC1. The number of carboxylic acids is 1. The molecule has 1 heterocycles. The van der Waals surface area contributed by atoms with Gasteiger partial charge in [-0.15, -0.1) is 0 Å². The van der Waals surface area contributed by atoms with E-state index in [-0.39, 0.29) is 12.1 Å². The van der Waals surface area contributed by atoms with Gasteiger partial charge in [0.15, 0.2) is 0 Å². The van der Waals surface area contributed by atoms with Crippen molar-refractivity contribution in [3.05, 3.63) is 29.8 Å². The molecular formula is C15H20F2N3O3+. The highest BCUT2D eigenvalue weighted by molar-refractivity contribution is 5.93. The molecule has 0 aromatic heterocycles. The second-order valence-electron chi connectivity index (χ2n) is 5.86. The van der Waals surface area contributed by atoms with Gasteiger partial charge in [0.2, 0.25) is 5.91 Å². The van der Waals surface area contributed by atoms with Gasteiger partial charge >= 0.3 is 0 Å². The summed E-state index contributed by atoms with van der Waals surface area (Å²) in [7, 11) is 2.02. The Labute approximate surface area is 132 Å². The van der Waals surface area contributed by atoms with Crippen molar-refractivity contribution in [2.45, 2.75) is 12.5 Å². The standard InChI is InChI=1S/C15H19F2N3O3/c1-19-4-6-20(7-5-19)13(15(22)23)9-14(21)18-12-3-2-10(16)8-11(12)17/h2-3,8,13H,4-7,9H2,1H3,(H,18,21)(H,22,23)/p+1/t13-/m1/s1. The van der Waals surface area contributed by atoms with E-state index in [4.69, 9.17) is 0 Å². The molecule has 0 saturated carbocycles. The van der Waals surface area contributed by atoms with Gasteiger partial charge in [-0.2, -0.15) is 0 Å². The van der Waals surface area contributed by atoms with Crippen molar-refractivity contribution in [1.29, 1.82) is 0 Å². The lowest BCUT2D eigenvalue weighted by Crippen LogP contribution is -3.29. The van der Waals surface area contributed by atoms with Crippen molar-refractivity contribution in [3.63, 3.8) is 0 Å². The molecule has 0 spiro atoms. The number of anilines is 1. The van der Waals surface area contributed by atoms with Crippen LogP contribution < -0.4 is 20.2 Å². The summed E-state index contributed by atoms with van der Waals surface area (Å²) in [5, 5.41) is 13.6. The minimum atomic E-state index is -1.30. The Morgan fingerprint density at radius 3 is 2.48 bits per heavy atom. The summed E-state index contributed by atoms with van der Waals surface area (Å²) in [4.78, 5) is 25.4. The summed E-state index contributed by atoms with van der Waals surface area (Å²) in [6.45, 7) is 2.88. The molecular weight excluding hydrogens is 308 g/mol. The lowest BCUT2D eigenvalue weighted by molar-refractivity contribution is -1.01. The van der Waals surface area contributed by atoms with E-state index in [9.17, 15) is 23.5 Å². The van der Waals surface area contributed by atoms with Crippen LogP contribution in [0.1, 0.15) is 6.42 Å². The number of quaternary nitrogens is 2. The van der Waals surface area contributed by atoms with Crippen LogP contribution in [0.25, 0.3) is 0 Å². The summed E-state index contributed by atoms with van der Waals surface area (Å²) in [5.74, 6) is -3.59. The Bertz CT molecular complexity index is 589. The predicted octanol–water partition coefficient (Wildman–Crippen LogP) is -3.17. The van der Waals surface area contributed by atoms with Crippen molar-refractivity contribution >= 4 is 17.6 Å². The molecule has 1 amide bonds. The molecule has 0 radical (unpaired) electrons. The van der Waals surface area contributed by atoms with Crippen LogP contribution in [0.4, 0.5) is 14.5 Å². The predicted molar refractivity (Wildman–Crippen MR) is 75.7 cm³/mol. The zero-order valence-electron chi connectivity index (χ0n) is 12.8. The largest absolute Gasteiger partial charge is 0.544 e. The number of carbonyl (C=O) groups is 2. The molecule has 2 rings (SSSR count).